The summed E-state index contributed by atoms with van der Waals surface area (Å²) < 4.78 is 40.1. The van der Waals surface area contributed by atoms with Gasteiger partial charge in [0.1, 0.15) is 17.3 Å². The molecule has 2 rings (SSSR count). The molecule has 0 unspecified atom stereocenters. The predicted molar refractivity (Wildman–Crippen MR) is 76.7 cm³/mol. The second kappa shape index (κ2) is 5.63. The Morgan fingerprint density at radius 3 is 2.67 bits per heavy atom. The number of rotatable bonds is 4. The Bertz CT molecular complexity index is 657. The molecule has 2 N–H and O–H groups in total. The van der Waals surface area contributed by atoms with Crippen LogP contribution in [0.4, 0.5) is 19.0 Å². The second-order valence-electron chi connectivity index (χ2n) is 4.59. The molecule has 112 valence electrons. The van der Waals surface area contributed by atoms with Gasteiger partial charge in [-0.15, -0.1) is 6.58 Å². The minimum absolute atomic E-state index is 0.353. The van der Waals surface area contributed by atoms with Crippen LogP contribution in [0.3, 0.4) is 0 Å². The summed E-state index contributed by atoms with van der Waals surface area (Å²) in [6.07, 6.45) is -2.08. The maximum atomic E-state index is 12.8. The third-order valence-electron chi connectivity index (χ3n) is 3.18. The lowest BCUT2D eigenvalue weighted by Crippen LogP contribution is -2.06. The molecule has 0 bridgehead atoms. The molecular weight excluding hydrogens is 279 g/mol. The minimum atomic E-state index is -4.39. The third-order valence-corrected chi connectivity index (χ3v) is 3.18. The van der Waals surface area contributed by atoms with Crippen LogP contribution in [0.5, 0.6) is 0 Å². The first kappa shape index (κ1) is 15.2. The van der Waals surface area contributed by atoms with Crippen LogP contribution < -0.4 is 5.73 Å². The maximum Gasteiger partial charge on any atom is 0.416 e. The van der Waals surface area contributed by atoms with Crippen molar-refractivity contribution in [2.75, 3.05) is 5.73 Å². The highest BCUT2D eigenvalue weighted by Gasteiger charge is 2.30. The Morgan fingerprint density at radius 2 is 2.10 bits per heavy atom. The van der Waals surface area contributed by atoms with E-state index in [9.17, 15) is 13.2 Å². The van der Waals surface area contributed by atoms with Crippen molar-refractivity contribution in [3.05, 3.63) is 48.3 Å². The van der Waals surface area contributed by atoms with E-state index in [2.05, 4.69) is 11.6 Å². The van der Waals surface area contributed by atoms with Crippen LogP contribution in [0.1, 0.15) is 18.3 Å². The largest absolute Gasteiger partial charge is 0.416 e. The van der Waals surface area contributed by atoms with Crippen LogP contribution in [0, 0.1) is 0 Å². The lowest BCUT2D eigenvalue weighted by atomic mass is 10.1. The van der Waals surface area contributed by atoms with Crippen molar-refractivity contribution in [3.63, 3.8) is 0 Å². The van der Waals surface area contributed by atoms with Crippen molar-refractivity contribution in [1.29, 1.82) is 0 Å². The summed E-state index contributed by atoms with van der Waals surface area (Å²) >= 11 is 0. The first-order valence-corrected chi connectivity index (χ1v) is 6.51. The molecule has 1 aromatic heterocycles. The fourth-order valence-electron chi connectivity index (χ4n) is 2.17. The molecule has 0 aliphatic carbocycles. The molecule has 1 heterocycles. The maximum absolute atomic E-state index is 12.8. The van der Waals surface area contributed by atoms with Gasteiger partial charge >= 0.3 is 6.18 Å². The van der Waals surface area contributed by atoms with Crippen molar-refractivity contribution >= 4 is 5.82 Å². The Morgan fingerprint density at radius 1 is 1.38 bits per heavy atom. The Labute approximate surface area is 120 Å². The van der Waals surface area contributed by atoms with E-state index in [0.29, 0.717) is 30.0 Å². The number of halogens is 3. The molecule has 0 atom stereocenters. The average molecular weight is 295 g/mol. The first-order valence-electron chi connectivity index (χ1n) is 6.51. The van der Waals surface area contributed by atoms with E-state index in [1.54, 1.807) is 16.7 Å². The van der Waals surface area contributed by atoms with E-state index >= 15 is 0 Å². The van der Waals surface area contributed by atoms with Crippen LogP contribution in [0.15, 0.2) is 36.9 Å². The number of imidazole rings is 1. The van der Waals surface area contributed by atoms with Crippen molar-refractivity contribution < 1.29 is 13.2 Å². The molecule has 0 spiro atoms. The summed E-state index contributed by atoms with van der Waals surface area (Å²) in [5, 5.41) is 0. The van der Waals surface area contributed by atoms with E-state index in [1.807, 2.05) is 6.92 Å². The van der Waals surface area contributed by atoms with Crippen LogP contribution in [0.25, 0.3) is 11.3 Å². The topological polar surface area (TPSA) is 43.8 Å². The van der Waals surface area contributed by atoms with Gasteiger partial charge in [0.2, 0.25) is 0 Å². The molecule has 3 nitrogen and oxygen atoms in total. The van der Waals surface area contributed by atoms with Crippen LogP contribution in [-0.2, 0) is 19.1 Å². The average Bonchev–Trinajstić information content (AvgIpc) is 2.76. The number of aromatic nitrogens is 2. The zero-order valence-electron chi connectivity index (χ0n) is 11.6. The van der Waals surface area contributed by atoms with Crippen molar-refractivity contribution in [1.82, 2.24) is 9.55 Å². The molecule has 0 fully saturated rings. The number of hydrogen-bond donors (Lipinski definition) is 1. The Balaban J connectivity index is 2.54. The van der Waals surface area contributed by atoms with E-state index < -0.39 is 11.7 Å². The van der Waals surface area contributed by atoms with Gasteiger partial charge < -0.3 is 10.3 Å². The molecule has 0 saturated heterocycles. The zero-order chi connectivity index (χ0) is 15.6. The van der Waals surface area contributed by atoms with Crippen LogP contribution >= 0.6 is 0 Å². The summed E-state index contributed by atoms with van der Waals surface area (Å²) in [4.78, 5) is 4.36. The van der Waals surface area contributed by atoms with Gasteiger partial charge in [0.25, 0.3) is 0 Å². The van der Waals surface area contributed by atoms with Gasteiger partial charge in [-0.1, -0.05) is 25.1 Å². The van der Waals surface area contributed by atoms with Crippen LogP contribution in [-0.4, -0.2) is 9.55 Å². The highest BCUT2D eigenvalue weighted by molar-refractivity contribution is 5.71. The van der Waals surface area contributed by atoms with E-state index in [4.69, 9.17) is 5.73 Å². The Kier molecular flexibility index (Phi) is 4.06. The first-order chi connectivity index (χ1) is 9.88. The quantitative estimate of drug-likeness (QED) is 0.869. The van der Waals surface area contributed by atoms with Gasteiger partial charge in [-0.3, -0.25) is 0 Å². The van der Waals surface area contributed by atoms with Gasteiger partial charge in [-0.25, -0.2) is 4.98 Å². The van der Waals surface area contributed by atoms with Gasteiger partial charge in [-0.2, -0.15) is 13.2 Å². The smallest absolute Gasteiger partial charge is 0.383 e. The summed E-state index contributed by atoms with van der Waals surface area (Å²) in [5.74, 6) is 1.07. The van der Waals surface area contributed by atoms with Crippen molar-refractivity contribution in [2.45, 2.75) is 26.1 Å². The van der Waals surface area contributed by atoms with E-state index in [1.165, 1.54) is 6.07 Å². The normalized spacial score (nSPS) is 11.6. The molecule has 2 aromatic rings. The monoisotopic (exact) mass is 295 g/mol. The number of hydrogen-bond acceptors (Lipinski definition) is 2. The lowest BCUT2D eigenvalue weighted by Gasteiger charge is -2.08. The molecular formula is C15H16F3N3. The summed E-state index contributed by atoms with van der Waals surface area (Å²) in [7, 11) is 0. The molecule has 21 heavy (non-hydrogen) atoms. The van der Waals surface area contributed by atoms with Crippen molar-refractivity contribution in [3.8, 4) is 11.3 Å². The molecule has 0 saturated carbocycles. The van der Waals surface area contributed by atoms with Gasteiger partial charge in [0.15, 0.2) is 0 Å². The molecule has 1 aromatic carbocycles. The number of alkyl halides is 3. The third kappa shape index (κ3) is 2.94. The van der Waals surface area contributed by atoms with Gasteiger partial charge in [-0.05, 0) is 12.1 Å². The summed E-state index contributed by atoms with van der Waals surface area (Å²) in [6.45, 7) is 6.04. The number of aryl methyl sites for hydroxylation is 1. The Hall–Kier alpha value is -2.24. The molecule has 0 amide bonds. The van der Waals surface area contributed by atoms with Crippen LogP contribution in [0.2, 0.25) is 0 Å². The highest BCUT2D eigenvalue weighted by atomic mass is 19.4. The molecule has 0 aliphatic heterocycles. The second-order valence-corrected chi connectivity index (χ2v) is 4.59. The summed E-state index contributed by atoms with van der Waals surface area (Å²) in [6, 6.07) is 5.03. The fraction of sp³-hybridized carbons (Fsp3) is 0.267. The molecule has 0 aliphatic rings. The number of anilines is 1. The van der Waals surface area contributed by atoms with E-state index in [-0.39, 0.29) is 0 Å². The highest BCUT2D eigenvalue weighted by Crippen LogP contribution is 2.33. The lowest BCUT2D eigenvalue weighted by molar-refractivity contribution is -0.137. The number of allylic oxidation sites excluding steroid dienone is 1. The predicted octanol–water partition coefficient (Wildman–Crippen LogP) is 3.90. The molecule has 6 heteroatoms. The van der Waals surface area contributed by atoms with Gasteiger partial charge in [0.05, 0.1) is 5.56 Å². The fourth-order valence-corrected chi connectivity index (χ4v) is 2.17. The summed E-state index contributed by atoms with van der Waals surface area (Å²) in [5.41, 5.74) is 6.05. The number of benzene rings is 1. The SMILES string of the molecule is C=CCn1c(CC)nc(-c2cccc(C(F)(F)F)c2)c1N. The van der Waals surface area contributed by atoms with Crippen molar-refractivity contribution in [2.24, 2.45) is 0 Å². The number of nitrogens with zero attached hydrogens (tertiary/aromatic N) is 2. The van der Waals surface area contributed by atoms with E-state index in [0.717, 1.165) is 18.0 Å². The standard InChI is InChI=1S/C15H16F3N3/c1-3-8-21-12(4-2)20-13(14(21)19)10-6-5-7-11(9-10)15(16,17)18/h3,5-7,9H,1,4,8,19H2,2H3. The minimum Gasteiger partial charge on any atom is -0.383 e. The number of nitrogen functional groups attached to an aromatic ring is 1. The number of nitrogens with two attached hydrogens (primary N) is 1. The zero-order valence-corrected chi connectivity index (χ0v) is 11.6. The van der Waals surface area contributed by atoms with Gasteiger partial charge in [0, 0.05) is 18.5 Å². The molecule has 0 radical (unpaired) electrons.